The Morgan fingerprint density at radius 2 is 2.00 bits per heavy atom. The molecule has 1 N–H and O–H groups in total. The van der Waals surface area contributed by atoms with Crippen molar-refractivity contribution in [3.05, 3.63) is 53.5 Å². The molecule has 1 amide bonds. The fourth-order valence-electron chi connectivity index (χ4n) is 3.41. The Hall–Kier alpha value is -2.27. The number of aryl methyl sites for hydroxylation is 1. The van der Waals surface area contributed by atoms with E-state index in [9.17, 15) is 4.79 Å². The summed E-state index contributed by atoms with van der Waals surface area (Å²) in [5.41, 5.74) is 2.23. The molecule has 0 spiro atoms. The zero-order valence-corrected chi connectivity index (χ0v) is 15.7. The van der Waals surface area contributed by atoms with E-state index < -0.39 is 0 Å². The summed E-state index contributed by atoms with van der Waals surface area (Å²) in [7, 11) is 0. The summed E-state index contributed by atoms with van der Waals surface area (Å²) in [4.78, 5) is 14.7. The van der Waals surface area contributed by atoms with E-state index in [1.54, 1.807) is 6.26 Å². The number of carbonyl (C=O) groups is 1. The highest BCUT2D eigenvalue weighted by Gasteiger charge is 2.24. The van der Waals surface area contributed by atoms with Gasteiger partial charge in [0.05, 0.1) is 12.3 Å². The van der Waals surface area contributed by atoms with E-state index in [4.69, 9.17) is 9.15 Å². The van der Waals surface area contributed by atoms with Gasteiger partial charge in [0.25, 0.3) is 5.91 Å². The molecule has 0 saturated carbocycles. The van der Waals surface area contributed by atoms with E-state index in [-0.39, 0.29) is 18.6 Å². The highest BCUT2D eigenvalue weighted by atomic mass is 16.5. The van der Waals surface area contributed by atoms with Crippen molar-refractivity contribution in [2.45, 2.75) is 39.2 Å². The number of hydrogen-bond donors (Lipinski definition) is 1. The summed E-state index contributed by atoms with van der Waals surface area (Å²) in [6.45, 7) is 6.68. The van der Waals surface area contributed by atoms with Gasteiger partial charge in [-0.25, -0.2) is 0 Å². The Kier molecular flexibility index (Phi) is 6.34. The minimum atomic E-state index is -0.112. The van der Waals surface area contributed by atoms with Crippen molar-refractivity contribution in [2.75, 3.05) is 26.2 Å². The van der Waals surface area contributed by atoms with Gasteiger partial charge >= 0.3 is 0 Å². The Balaban J connectivity index is 1.54. The molecule has 140 valence electrons. The molecule has 3 rings (SSSR count). The summed E-state index contributed by atoms with van der Waals surface area (Å²) >= 11 is 0. The second kappa shape index (κ2) is 8.90. The molecule has 1 unspecified atom stereocenters. The van der Waals surface area contributed by atoms with Gasteiger partial charge in [-0.05, 0) is 69.1 Å². The third-order valence-corrected chi connectivity index (χ3v) is 5.11. The summed E-state index contributed by atoms with van der Waals surface area (Å²) in [6, 6.07) is 9.84. The first-order valence-corrected chi connectivity index (χ1v) is 9.38. The number of nitrogens with zero attached hydrogens (tertiary/aromatic N) is 1. The predicted molar refractivity (Wildman–Crippen MR) is 101 cm³/mol. The molecule has 1 aromatic carbocycles. The van der Waals surface area contributed by atoms with Gasteiger partial charge in [-0.3, -0.25) is 9.69 Å². The number of ether oxygens (including phenoxy) is 1. The van der Waals surface area contributed by atoms with Crippen LogP contribution < -0.4 is 10.1 Å². The molecule has 26 heavy (non-hydrogen) atoms. The highest BCUT2D eigenvalue weighted by molar-refractivity contribution is 5.77. The molecule has 0 bridgehead atoms. The fraction of sp³-hybridized carbons (Fsp3) is 0.476. The van der Waals surface area contributed by atoms with Crippen molar-refractivity contribution in [1.29, 1.82) is 0 Å². The number of piperidine rings is 1. The molecule has 2 heterocycles. The fourth-order valence-corrected chi connectivity index (χ4v) is 3.41. The third-order valence-electron chi connectivity index (χ3n) is 5.11. The number of hydrogen-bond acceptors (Lipinski definition) is 4. The van der Waals surface area contributed by atoms with Gasteiger partial charge in [-0.15, -0.1) is 0 Å². The summed E-state index contributed by atoms with van der Waals surface area (Å²) < 4.78 is 11.3. The lowest BCUT2D eigenvalue weighted by molar-refractivity contribution is -0.123. The van der Waals surface area contributed by atoms with Crippen molar-refractivity contribution in [3.8, 4) is 5.75 Å². The van der Waals surface area contributed by atoms with Crippen molar-refractivity contribution >= 4 is 5.91 Å². The van der Waals surface area contributed by atoms with Crippen LogP contribution in [-0.4, -0.2) is 37.0 Å². The van der Waals surface area contributed by atoms with Crippen molar-refractivity contribution in [3.63, 3.8) is 0 Å². The first-order chi connectivity index (χ1) is 12.6. The minimum Gasteiger partial charge on any atom is -0.483 e. The second-order valence-corrected chi connectivity index (χ2v) is 6.92. The van der Waals surface area contributed by atoms with Gasteiger partial charge in [-0.1, -0.05) is 18.6 Å². The summed E-state index contributed by atoms with van der Waals surface area (Å²) in [5, 5.41) is 3.01. The number of rotatable bonds is 7. The molecule has 0 aliphatic carbocycles. The monoisotopic (exact) mass is 356 g/mol. The largest absolute Gasteiger partial charge is 0.483 e. The molecule has 1 aromatic heterocycles. The lowest BCUT2D eigenvalue weighted by Gasteiger charge is -2.33. The van der Waals surface area contributed by atoms with Gasteiger partial charge in [-0.2, -0.15) is 0 Å². The molecule has 5 heteroatoms. The van der Waals surface area contributed by atoms with E-state index >= 15 is 0 Å². The molecule has 5 nitrogen and oxygen atoms in total. The van der Waals surface area contributed by atoms with E-state index in [1.165, 1.54) is 19.3 Å². The molecule has 1 fully saturated rings. The minimum absolute atomic E-state index is 0.0230. The van der Waals surface area contributed by atoms with Gasteiger partial charge in [0.15, 0.2) is 6.61 Å². The second-order valence-electron chi connectivity index (χ2n) is 6.92. The van der Waals surface area contributed by atoms with Gasteiger partial charge in [0.2, 0.25) is 0 Å². The molecular formula is C21H28N2O3. The average molecular weight is 356 g/mol. The van der Waals surface area contributed by atoms with Crippen LogP contribution in [0.1, 0.15) is 42.2 Å². The zero-order valence-electron chi connectivity index (χ0n) is 15.7. The average Bonchev–Trinajstić information content (AvgIpc) is 3.18. The van der Waals surface area contributed by atoms with Crippen LogP contribution in [-0.2, 0) is 4.79 Å². The Labute approximate surface area is 155 Å². The smallest absolute Gasteiger partial charge is 0.258 e. The molecule has 0 radical (unpaired) electrons. The number of amides is 1. The summed E-state index contributed by atoms with van der Waals surface area (Å²) in [6.07, 6.45) is 5.36. The van der Waals surface area contributed by atoms with Crippen molar-refractivity contribution in [1.82, 2.24) is 10.2 Å². The van der Waals surface area contributed by atoms with Crippen LogP contribution in [0.15, 0.2) is 41.0 Å². The lowest BCUT2D eigenvalue weighted by Crippen LogP contribution is -2.41. The van der Waals surface area contributed by atoms with Crippen molar-refractivity contribution < 1.29 is 13.9 Å². The van der Waals surface area contributed by atoms with Crippen LogP contribution in [0.2, 0.25) is 0 Å². The molecule has 1 saturated heterocycles. The number of furan rings is 1. The normalized spacial score (nSPS) is 16.2. The lowest BCUT2D eigenvalue weighted by atomic mass is 10.1. The van der Waals surface area contributed by atoms with E-state index in [0.29, 0.717) is 6.54 Å². The van der Waals surface area contributed by atoms with Gasteiger partial charge < -0.3 is 14.5 Å². The summed E-state index contributed by atoms with van der Waals surface area (Å²) in [5.74, 6) is 1.56. The first-order valence-electron chi connectivity index (χ1n) is 9.38. The number of carbonyl (C=O) groups excluding carboxylic acids is 1. The maximum Gasteiger partial charge on any atom is 0.258 e. The number of likely N-dealkylation sites (tertiary alicyclic amines) is 1. The van der Waals surface area contributed by atoms with Crippen LogP contribution in [0.25, 0.3) is 0 Å². The zero-order chi connectivity index (χ0) is 18.4. The third kappa shape index (κ3) is 4.67. The molecule has 2 aromatic rings. The van der Waals surface area contributed by atoms with E-state index in [0.717, 1.165) is 35.7 Å². The Bertz CT molecular complexity index is 706. The molecular weight excluding hydrogens is 328 g/mol. The van der Waals surface area contributed by atoms with Crippen LogP contribution in [0.5, 0.6) is 5.75 Å². The number of benzene rings is 1. The van der Waals surface area contributed by atoms with Crippen LogP contribution >= 0.6 is 0 Å². The quantitative estimate of drug-likeness (QED) is 0.823. The van der Waals surface area contributed by atoms with E-state index in [1.807, 2.05) is 44.2 Å². The number of nitrogens with one attached hydrogen (secondary N) is 1. The maximum absolute atomic E-state index is 12.3. The SMILES string of the molecule is Cc1cccc(OCC(=O)NCC(c2ccco2)N2CCCCC2)c1C. The topological polar surface area (TPSA) is 54.7 Å². The molecule has 1 atom stereocenters. The van der Waals surface area contributed by atoms with E-state index in [2.05, 4.69) is 10.2 Å². The van der Waals surface area contributed by atoms with Crippen molar-refractivity contribution in [2.24, 2.45) is 0 Å². The molecule has 1 aliphatic rings. The Morgan fingerprint density at radius 1 is 1.19 bits per heavy atom. The van der Waals surface area contributed by atoms with Gasteiger partial charge in [0, 0.05) is 6.54 Å². The highest BCUT2D eigenvalue weighted by Crippen LogP contribution is 2.24. The first kappa shape index (κ1) is 18.5. The molecule has 1 aliphatic heterocycles. The van der Waals surface area contributed by atoms with Crippen LogP contribution in [0.3, 0.4) is 0 Å². The standard InChI is InChI=1S/C21H28N2O3/c1-16-8-6-9-19(17(16)2)26-15-21(24)22-14-18(20-10-7-13-25-20)23-11-4-3-5-12-23/h6-10,13,18H,3-5,11-12,14-15H2,1-2H3,(H,22,24). The maximum atomic E-state index is 12.3. The van der Waals surface area contributed by atoms with Crippen LogP contribution in [0, 0.1) is 13.8 Å². The van der Waals surface area contributed by atoms with Crippen LogP contribution in [0.4, 0.5) is 0 Å². The van der Waals surface area contributed by atoms with Gasteiger partial charge in [0.1, 0.15) is 11.5 Å². The Morgan fingerprint density at radius 3 is 2.73 bits per heavy atom. The predicted octanol–water partition coefficient (Wildman–Crippen LogP) is 3.62.